The van der Waals surface area contributed by atoms with Crippen LogP contribution in [0.3, 0.4) is 0 Å². The number of hydrogen-bond acceptors (Lipinski definition) is 1. The van der Waals surface area contributed by atoms with Crippen LogP contribution >= 0.6 is 0 Å². The average Bonchev–Trinajstić information content (AvgIpc) is 4.05. The van der Waals surface area contributed by atoms with Crippen molar-refractivity contribution in [3.8, 4) is 0 Å². The van der Waals surface area contributed by atoms with Crippen molar-refractivity contribution in [2.75, 3.05) is 5.43 Å². The lowest BCUT2D eigenvalue weighted by atomic mass is 9.81. The first-order valence-corrected chi connectivity index (χ1v) is 19.5. The Morgan fingerprint density at radius 3 is 2.19 bits per heavy atom. The molecule has 5 aliphatic carbocycles. The molecule has 5 aliphatic rings. The van der Waals surface area contributed by atoms with E-state index in [1.807, 2.05) is 41.5 Å². The number of rotatable bonds is 5. The number of fused-ring (bicyclic) bond motifs is 8. The Hall–Kier alpha value is -5.04. The number of nitrogens with one attached hydrogen (secondary N) is 1. The van der Waals surface area contributed by atoms with Crippen molar-refractivity contribution in [2.24, 2.45) is 0 Å². The summed E-state index contributed by atoms with van der Waals surface area (Å²) in [4.78, 5) is 0. The summed E-state index contributed by atoms with van der Waals surface area (Å²) in [5.41, 5.74) is 26.4. The van der Waals surface area contributed by atoms with E-state index in [0.717, 1.165) is 30.5 Å². The second kappa shape index (κ2) is 15.7. The fraction of sp³-hybridized carbons (Fsp3) is 0.300. The highest BCUT2D eigenvalue weighted by molar-refractivity contribution is 5.98. The lowest BCUT2D eigenvalue weighted by Gasteiger charge is -2.23. The number of hydrogen-bond donors (Lipinski definition) is 1. The molecule has 0 bridgehead atoms. The molecule has 0 unspecified atom stereocenters. The maximum atomic E-state index is 3.97. The Morgan fingerprint density at radius 1 is 0.788 bits per heavy atom. The highest BCUT2D eigenvalue weighted by Gasteiger charge is 2.41. The molecule has 2 heteroatoms. The molecule has 0 saturated heterocycles. The van der Waals surface area contributed by atoms with E-state index in [-0.39, 0.29) is 10.8 Å². The third-order valence-electron chi connectivity index (χ3n) is 10.7. The average molecular weight is 687 g/mol. The Balaban J connectivity index is 0.000000614. The minimum absolute atomic E-state index is 0.00640. The van der Waals surface area contributed by atoms with Crippen LogP contribution in [0.2, 0.25) is 0 Å². The SMILES string of the molecule is C=C.CC.CC.CC.CC1(C)C2=CC(/C(=C/Cc3ccccc3)Nn3c4c(c5cc6c(cc53)C(C)(C)C3=C6CC=C3)CC=C4)=C=C2c2ccccc21. The van der Waals surface area contributed by atoms with Crippen LogP contribution in [-0.4, -0.2) is 4.68 Å². The molecule has 4 aromatic rings. The first-order chi connectivity index (χ1) is 25.3. The predicted octanol–water partition coefficient (Wildman–Crippen LogP) is 13.6. The molecular formula is C50H58N2. The second-order valence-corrected chi connectivity index (χ2v) is 13.9. The Kier molecular flexibility index (Phi) is 11.5. The molecule has 9 rings (SSSR count). The van der Waals surface area contributed by atoms with Crippen LogP contribution in [0, 0.1) is 0 Å². The summed E-state index contributed by atoms with van der Waals surface area (Å²) in [6.45, 7) is 27.5. The summed E-state index contributed by atoms with van der Waals surface area (Å²) in [6.07, 6.45) is 16.9. The summed E-state index contributed by atoms with van der Waals surface area (Å²) in [5.74, 6) is 0. The van der Waals surface area contributed by atoms with Gasteiger partial charge < -0.3 is 0 Å². The largest absolute Gasteiger partial charge is 0.293 e. The molecule has 0 saturated carbocycles. The molecule has 1 N–H and O–H groups in total. The summed E-state index contributed by atoms with van der Waals surface area (Å²) in [6, 6.07) is 24.5. The monoisotopic (exact) mass is 686 g/mol. The van der Waals surface area contributed by atoms with E-state index >= 15 is 0 Å². The lowest BCUT2D eigenvalue weighted by molar-refractivity contribution is 0.655. The van der Waals surface area contributed by atoms with Crippen molar-refractivity contribution in [2.45, 2.75) is 99.3 Å². The summed E-state index contributed by atoms with van der Waals surface area (Å²) in [5, 5.41) is 1.36. The molecule has 0 atom stereocenters. The number of benzene rings is 3. The molecule has 268 valence electrons. The van der Waals surface area contributed by atoms with Crippen molar-refractivity contribution in [3.63, 3.8) is 0 Å². The molecule has 1 heterocycles. The molecule has 2 nitrogen and oxygen atoms in total. The highest BCUT2D eigenvalue weighted by atomic mass is 15.4. The van der Waals surface area contributed by atoms with E-state index in [2.05, 4.69) is 160 Å². The fourth-order valence-electron chi connectivity index (χ4n) is 8.34. The van der Waals surface area contributed by atoms with E-state index in [4.69, 9.17) is 0 Å². The topological polar surface area (TPSA) is 17.0 Å². The summed E-state index contributed by atoms with van der Waals surface area (Å²) in [7, 11) is 0. The number of nitrogens with zero attached hydrogens (tertiary/aromatic N) is 1. The minimum atomic E-state index is -0.0523. The van der Waals surface area contributed by atoms with Crippen molar-refractivity contribution in [1.29, 1.82) is 0 Å². The minimum Gasteiger partial charge on any atom is -0.293 e. The maximum Gasteiger partial charge on any atom is 0.0710 e. The van der Waals surface area contributed by atoms with Crippen molar-refractivity contribution >= 4 is 28.1 Å². The van der Waals surface area contributed by atoms with Gasteiger partial charge in [0.05, 0.1) is 16.9 Å². The first-order valence-electron chi connectivity index (χ1n) is 19.5. The number of aromatic nitrogens is 1. The Morgan fingerprint density at radius 2 is 1.46 bits per heavy atom. The molecule has 1 aromatic heterocycles. The van der Waals surface area contributed by atoms with Crippen LogP contribution in [0.5, 0.6) is 0 Å². The van der Waals surface area contributed by atoms with Crippen LogP contribution < -0.4 is 5.43 Å². The molecule has 0 spiro atoms. The van der Waals surface area contributed by atoms with Gasteiger partial charge in [-0.3, -0.25) is 10.1 Å². The quantitative estimate of drug-likeness (QED) is 0.163. The van der Waals surface area contributed by atoms with Crippen LogP contribution in [-0.2, 0) is 23.7 Å². The van der Waals surface area contributed by atoms with E-state index in [9.17, 15) is 0 Å². The summed E-state index contributed by atoms with van der Waals surface area (Å²) >= 11 is 0. The molecule has 3 aromatic carbocycles. The normalized spacial score (nSPS) is 17.0. The molecular weight excluding hydrogens is 629 g/mol. The van der Waals surface area contributed by atoms with Gasteiger partial charge in [0.2, 0.25) is 0 Å². The van der Waals surface area contributed by atoms with E-state index in [1.165, 1.54) is 72.3 Å². The zero-order valence-electron chi connectivity index (χ0n) is 33.3. The van der Waals surface area contributed by atoms with Crippen LogP contribution in [0.15, 0.2) is 138 Å². The zero-order chi connectivity index (χ0) is 37.8. The van der Waals surface area contributed by atoms with Crippen molar-refractivity contribution in [3.05, 3.63) is 177 Å². The first kappa shape index (κ1) is 38.2. The second-order valence-electron chi connectivity index (χ2n) is 13.9. The molecule has 0 amide bonds. The fourth-order valence-corrected chi connectivity index (χ4v) is 8.34. The van der Waals surface area contributed by atoms with E-state index < -0.39 is 0 Å². The predicted molar refractivity (Wildman–Crippen MR) is 229 cm³/mol. The van der Waals surface area contributed by atoms with Crippen molar-refractivity contribution < 1.29 is 0 Å². The van der Waals surface area contributed by atoms with Gasteiger partial charge >= 0.3 is 0 Å². The van der Waals surface area contributed by atoms with Gasteiger partial charge in [-0.25, -0.2) is 0 Å². The molecule has 0 radical (unpaired) electrons. The molecule has 0 aliphatic heterocycles. The van der Waals surface area contributed by atoms with Gasteiger partial charge in [-0.05, 0) is 93.6 Å². The molecule has 52 heavy (non-hydrogen) atoms. The van der Waals surface area contributed by atoms with Gasteiger partial charge in [-0.2, -0.15) is 0 Å². The highest BCUT2D eigenvalue weighted by Crippen LogP contribution is 2.53. The standard InChI is InChI=1S/C42H36N2.3C2H6.C2H4/c1-41(2)34-17-9-8-14-28(34)31-22-27(23-36(31)41)38(21-20-26-12-6-5-7-13-26)43-44-39-19-11-16-30(39)33-24-32-29-15-10-18-35(29)42(3,4)37(32)25-40(33)44;4*1-2/h5-14,17-19,21,23-25,43H,15-16,20H2,1-4H3;3*1-2H3;1-2H2/b38-21-;;;;. The lowest BCUT2D eigenvalue weighted by Crippen LogP contribution is -2.19. The molecule has 0 fully saturated rings. The summed E-state index contributed by atoms with van der Waals surface area (Å²) < 4.78 is 2.35. The van der Waals surface area contributed by atoms with Crippen molar-refractivity contribution in [1.82, 2.24) is 4.68 Å². The number of allylic oxidation sites excluding steroid dienone is 8. The van der Waals surface area contributed by atoms with Crippen LogP contribution in [0.4, 0.5) is 0 Å². The van der Waals surface area contributed by atoms with E-state index in [0.29, 0.717) is 0 Å². The Bertz CT molecular complexity index is 2190. The van der Waals surface area contributed by atoms with Crippen LogP contribution in [0.25, 0.3) is 28.1 Å². The zero-order valence-corrected chi connectivity index (χ0v) is 33.3. The van der Waals surface area contributed by atoms with Gasteiger partial charge in [0.25, 0.3) is 0 Å². The maximum absolute atomic E-state index is 3.97. The Labute approximate surface area is 314 Å². The van der Waals surface area contributed by atoms with Gasteiger partial charge in [0, 0.05) is 27.4 Å². The van der Waals surface area contributed by atoms with Crippen LogP contribution in [0.1, 0.15) is 115 Å². The van der Waals surface area contributed by atoms with Gasteiger partial charge in [0.1, 0.15) is 0 Å². The third-order valence-corrected chi connectivity index (χ3v) is 10.7. The van der Waals surface area contributed by atoms with E-state index in [1.54, 1.807) is 0 Å². The smallest absolute Gasteiger partial charge is 0.0710 e. The van der Waals surface area contributed by atoms with Gasteiger partial charge in [-0.15, -0.1) is 18.9 Å². The third kappa shape index (κ3) is 6.14. The van der Waals surface area contributed by atoms with Gasteiger partial charge in [0.15, 0.2) is 0 Å². The van der Waals surface area contributed by atoms with Gasteiger partial charge in [-0.1, -0.05) is 148 Å².